The normalized spacial score (nSPS) is 13.2. The molecule has 1 unspecified atom stereocenters. The zero-order chi connectivity index (χ0) is 22.7. The van der Waals surface area contributed by atoms with Gasteiger partial charge < -0.3 is 9.84 Å². The molecule has 1 aliphatic rings. The van der Waals surface area contributed by atoms with Gasteiger partial charge in [0.1, 0.15) is 6.61 Å². The maximum Gasteiger partial charge on any atom is 0.410 e. The second kappa shape index (κ2) is 9.53. The SMILES string of the molecule is CCCN(C(=O)OCC1c2ccccc2-c2ccccc21)C(C(=O)O)c1cncc(Br)c1. The highest BCUT2D eigenvalue weighted by atomic mass is 79.9. The van der Waals surface area contributed by atoms with E-state index in [0.717, 1.165) is 22.3 Å². The van der Waals surface area contributed by atoms with Gasteiger partial charge in [-0.05, 0) is 50.7 Å². The lowest BCUT2D eigenvalue weighted by atomic mass is 9.98. The Labute approximate surface area is 195 Å². The number of carboxylic acid groups (broad SMARTS) is 1. The van der Waals surface area contributed by atoms with Crippen molar-refractivity contribution in [1.82, 2.24) is 9.88 Å². The van der Waals surface area contributed by atoms with Gasteiger partial charge in [0.15, 0.2) is 6.04 Å². The first-order valence-corrected chi connectivity index (χ1v) is 11.3. The van der Waals surface area contributed by atoms with Crippen LogP contribution in [0.15, 0.2) is 71.5 Å². The molecule has 0 saturated heterocycles. The fraction of sp³-hybridized carbons (Fsp3) is 0.240. The first-order valence-electron chi connectivity index (χ1n) is 10.5. The molecule has 3 aromatic rings. The second-order valence-corrected chi connectivity index (χ2v) is 8.59. The minimum atomic E-state index is -1.18. The fourth-order valence-electron chi connectivity index (χ4n) is 4.28. The number of benzene rings is 2. The summed E-state index contributed by atoms with van der Waals surface area (Å²) >= 11 is 3.32. The molecule has 4 rings (SSSR count). The number of hydrogen-bond donors (Lipinski definition) is 1. The smallest absolute Gasteiger partial charge is 0.410 e. The standard InChI is InChI=1S/C25H23BrN2O4/c1-2-11-28(23(24(29)30)16-12-17(26)14-27-13-16)25(31)32-15-22-20-9-5-3-7-18(20)19-8-4-6-10-21(19)22/h3-10,12-14,22-23H,2,11,15H2,1H3,(H,29,30). The number of carbonyl (C=O) groups excluding carboxylic acids is 1. The van der Waals surface area contributed by atoms with Crippen molar-refractivity contribution in [1.29, 1.82) is 0 Å². The van der Waals surface area contributed by atoms with Gasteiger partial charge in [-0.15, -0.1) is 0 Å². The summed E-state index contributed by atoms with van der Waals surface area (Å²) in [6, 6.07) is 16.7. The molecular weight excluding hydrogens is 472 g/mol. The van der Waals surface area contributed by atoms with Crippen LogP contribution in [0, 0.1) is 0 Å². The summed E-state index contributed by atoms with van der Waals surface area (Å²) < 4.78 is 6.37. The zero-order valence-electron chi connectivity index (χ0n) is 17.6. The van der Waals surface area contributed by atoms with Gasteiger partial charge in [0.25, 0.3) is 0 Å². The quantitative estimate of drug-likeness (QED) is 0.460. The van der Waals surface area contributed by atoms with E-state index in [2.05, 4.69) is 33.0 Å². The van der Waals surface area contributed by atoms with Gasteiger partial charge in [-0.25, -0.2) is 9.59 Å². The lowest BCUT2D eigenvalue weighted by Crippen LogP contribution is -2.40. The Bertz CT molecular complexity index is 1100. The van der Waals surface area contributed by atoms with Crippen LogP contribution < -0.4 is 0 Å². The van der Waals surface area contributed by atoms with Crippen molar-refractivity contribution >= 4 is 28.0 Å². The molecule has 1 N–H and O–H groups in total. The Balaban J connectivity index is 1.58. The number of carbonyl (C=O) groups is 2. The number of fused-ring (bicyclic) bond motifs is 3. The Kier molecular flexibility index (Phi) is 6.55. The average molecular weight is 495 g/mol. The molecule has 0 spiro atoms. The van der Waals surface area contributed by atoms with Crippen LogP contribution in [0.3, 0.4) is 0 Å². The third kappa shape index (κ3) is 4.25. The van der Waals surface area contributed by atoms with E-state index in [1.807, 2.05) is 43.3 Å². The highest BCUT2D eigenvalue weighted by molar-refractivity contribution is 9.10. The third-order valence-electron chi connectivity index (χ3n) is 5.62. The second-order valence-electron chi connectivity index (χ2n) is 7.67. The Morgan fingerprint density at radius 3 is 2.28 bits per heavy atom. The fourth-order valence-corrected chi connectivity index (χ4v) is 4.66. The van der Waals surface area contributed by atoms with E-state index in [4.69, 9.17) is 4.74 Å². The van der Waals surface area contributed by atoms with Gasteiger partial charge in [-0.2, -0.15) is 0 Å². The van der Waals surface area contributed by atoms with Crippen LogP contribution in [0.5, 0.6) is 0 Å². The molecule has 32 heavy (non-hydrogen) atoms. The number of pyridine rings is 1. The minimum Gasteiger partial charge on any atom is -0.479 e. The molecule has 7 heteroatoms. The molecule has 1 heterocycles. The van der Waals surface area contributed by atoms with Gasteiger partial charge in [0, 0.05) is 34.9 Å². The number of amides is 1. The van der Waals surface area contributed by atoms with Crippen molar-refractivity contribution < 1.29 is 19.4 Å². The number of nitrogens with zero attached hydrogens (tertiary/aromatic N) is 2. The molecule has 0 radical (unpaired) electrons. The van der Waals surface area contributed by atoms with Crippen LogP contribution in [0.1, 0.15) is 42.0 Å². The zero-order valence-corrected chi connectivity index (χ0v) is 19.2. The minimum absolute atomic E-state index is 0.0920. The number of carboxylic acids is 1. The van der Waals surface area contributed by atoms with E-state index in [1.54, 1.807) is 12.3 Å². The molecule has 1 aromatic heterocycles. The molecule has 0 bridgehead atoms. The Morgan fingerprint density at radius 2 is 1.72 bits per heavy atom. The summed E-state index contributed by atoms with van der Waals surface area (Å²) in [5.41, 5.74) is 4.90. The van der Waals surface area contributed by atoms with E-state index >= 15 is 0 Å². The van der Waals surface area contributed by atoms with Crippen molar-refractivity contribution in [2.75, 3.05) is 13.2 Å². The third-order valence-corrected chi connectivity index (χ3v) is 6.06. The molecule has 6 nitrogen and oxygen atoms in total. The van der Waals surface area contributed by atoms with Gasteiger partial charge in [0.2, 0.25) is 0 Å². The van der Waals surface area contributed by atoms with Crippen LogP contribution in [0.25, 0.3) is 11.1 Å². The Hall–Kier alpha value is -3.19. The van der Waals surface area contributed by atoms with Crippen molar-refractivity contribution in [3.05, 3.63) is 88.2 Å². The monoisotopic (exact) mass is 494 g/mol. The van der Waals surface area contributed by atoms with Gasteiger partial charge >= 0.3 is 12.1 Å². The summed E-state index contributed by atoms with van der Waals surface area (Å²) in [6.45, 7) is 2.28. The van der Waals surface area contributed by atoms with Crippen LogP contribution in [-0.2, 0) is 9.53 Å². The number of hydrogen-bond acceptors (Lipinski definition) is 4. The van der Waals surface area contributed by atoms with Gasteiger partial charge in [-0.3, -0.25) is 9.88 Å². The van der Waals surface area contributed by atoms with Crippen LogP contribution in [-0.4, -0.2) is 40.2 Å². The van der Waals surface area contributed by atoms with E-state index < -0.39 is 18.1 Å². The summed E-state index contributed by atoms with van der Waals surface area (Å²) in [4.78, 5) is 30.6. The van der Waals surface area contributed by atoms with E-state index in [0.29, 0.717) is 16.5 Å². The molecule has 0 fully saturated rings. The molecule has 1 amide bonds. The topological polar surface area (TPSA) is 79.7 Å². The number of rotatable bonds is 7. The summed E-state index contributed by atoms with van der Waals surface area (Å²) in [5, 5.41) is 9.91. The van der Waals surface area contributed by atoms with E-state index in [1.165, 1.54) is 11.1 Å². The van der Waals surface area contributed by atoms with Gasteiger partial charge in [0.05, 0.1) is 0 Å². The first kappa shape index (κ1) is 22.0. The van der Waals surface area contributed by atoms with Crippen molar-refractivity contribution in [2.45, 2.75) is 25.3 Å². The summed E-state index contributed by atoms with van der Waals surface area (Å²) in [5.74, 6) is -1.22. The highest BCUT2D eigenvalue weighted by Crippen LogP contribution is 2.44. The molecular formula is C25H23BrN2O4. The highest BCUT2D eigenvalue weighted by Gasteiger charge is 2.34. The van der Waals surface area contributed by atoms with Crippen LogP contribution in [0.4, 0.5) is 4.79 Å². The molecule has 1 atom stereocenters. The molecule has 0 saturated carbocycles. The lowest BCUT2D eigenvalue weighted by molar-refractivity contribution is -0.143. The van der Waals surface area contributed by atoms with Gasteiger partial charge in [-0.1, -0.05) is 55.5 Å². The predicted molar refractivity (Wildman–Crippen MR) is 124 cm³/mol. The Morgan fingerprint density at radius 1 is 1.09 bits per heavy atom. The maximum absolute atomic E-state index is 13.1. The number of ether oxygens (including phenoxy) is 1. The summed E-state index contributed by atoms with van der Waals surface area (Å²) in [7, 11) is 0. The van der Waals surface area contributed by atoms with Crippen molar-refractivity contribution in [3.63, 3.8) is 0 Å². The van der Waals surface area contributed by atoms with E-state index in [-0.39, 0.29) is 19.1 Å². The van der Waals surface area contributed by atoms with E-state index in [9.17, 15) is 14.7 Å². The molecule has 1 aliphatic carbocycles. The molecule has 2 aromatic carbocycles. The van der Waals surface area contributed by atoms with Crippen LogP contribution >= 0.6 is 15.9 Å². The molecule has 0 aliphatic heterocycles. The maximum atomic E-state index is 13.1. The summed E-state index contributed by atoms with van der Waals surface area (Å²) in [6.07, 6.45) is 2.97. The van der Waals surface area contributed by atoms with Crippen LogP contribution in [0.2, 0.25) is 0 Å². The van der Waals surface area contributed by atoms with Crippen molar-refractivity contribution in [3.8, 4) is 11.1 Å². The number of halogens is 1. The largest absolute Gasteiger partial charge is 0.479 e. The average Bonchev–Trinajstić information content (AvgIpc) is 3.11. The lowest BCUT2D eigenvalue weighted by Gasteiger charge is -2.28. The first-order chi connectivity index (χ1) is 15.5. The predicted octanol–water partition coefficient (Wildman–Crippen LogP) is 5.63. The number of aliphatic carboxylic acids is 1. The number of aromatic nitrogens is 1. The molecule has 164 valence electrons. The van der Waals surface area contributed by atoms with Crippen molar-refractivity contribution in [2.24, 2.45) is 0 Å².